The maximum Gasteiger partial charge on any atom is 0.416 e. The number of aromatic amines is 1. The van der Waals surface area contributed by atoms with Crippen molar-refractivity contribution in [3.8, 4) is 0 Å². The molecule has 37 heavy (non-hydrogen) atoms. The summed E-state index contributed by atoms with van der Waals surface area (Å²) in [6.45, 7) is 3.30. The number of halogens is 4. The Hall–Kier alpha value is -3.14. The molecule has 4 aromatic rings. The number of rotatable bonds is 7. The molecule has 0 saturated carbocycles. The topological polar surface area (TPSA) is 70.2 Å². The highest BCUT2D eigenvalue weighted by molar-refractivity contribution is 7.89. The van der Waals surface area contributed by atoms with Gasteiger partial charge >= 0.3 is 6.18 Å². The van der Waals surface area contributed by atoms with Crippen LogP contribution in [-0.4, -0.2) is 24.3 Å². The Labute approximate surface area is 217 Å². The lowest BCUT2D eigenvalue weighted by Gasteiger charge is -2.23. The number of H-pyrrole nitrogens is 1. The van der Waals surface area contributed by atoms with Crippen LogP contribution in [0.2, 0.25) is 5.02 Å². The molecule has 4 rings (SSSR count). The van der Waals surface area contributed by atoms with Crippen molar-refractivity contribution in [2.24, 2.45) is 0 Å². The van der Waals surface area contributed by atoms with Crippen LogP contribution in [0.15, 0.2) is 76.4 Å². The summed E-state index contributed by atoms with van der Waals surface area (Å²) in [6, 6.07) is 16.6. The fourth-order valence-electron chi connectivity index (χ4n) is 4.12. The Kier molecular flexibility index (Phi) is 7.50. The highest BCUT2D eigenvalue weighted by Crippen LogP contribution is 2.35. The van der Waals surface area contributed by atoms with Crippen LogP contribution >= 0.6 is 11.6 Å². The quantitative estimate of drug-likeness (QED) is 0.297. The van der Waals surface area contributed by atoms with Gasteiger partial charge in [-0.3, -0.25) is 4.79 Å². The zero-order valence-electron chi connectivity index (χ0n) is 20.1. The number of sulfonamides is 1. The maximum absolute atomic E-state index is 13.7. The first-order valence-electron chi connectivity index (χ1n) is 11.4. The molecule has 1 N–H and O–H groups in total. The number of benzene rings is 3. The van der Waals surface area contributed by atoms with Gasteiger partial charge in [0.25, 0.3) is 5.56 Å². The number of fused-ring (bicyclic) bond motifs is 1. The van der Waals surface area contributed by atoms with E-state index in [0.717, 1.165) is 38.5 Å². The minimum absolute atomic E-state index is 0.0802. The highest BCUT2D eigenvalue weighted by atomic mass is 35.5. The van der Waals surface area contributed by atoms with E-state index in [-0.39, 0.29) is 30.1 Å². The molecule has 1 aromatic heterocycles. The van der Waals surface area contributed by atoms with E-state index in [9.17, 15) is 26.4 Å². The fraction of sp³-hybridized carbons (Fsp3) is 0.222. The molecule has 5 nitrogen and oxygen atoms in total. The third kappa shape index (κ3) is 5.74. The van der Waals surface area contributed by atoms with E-state index in [0.29, 0.717) is 11.6 Å². The molecule has 0 fully saturated rings. The van der Waals surface area contributed by atoms with Gasteiger partial charge in [-0.2, -0.15) is 17.5 Å². The first-order valence-corrected chi connectivity index (χ1v) is 13.2. The van der Waals surface area contributed by atoms with Crippen LogP contribution in [0.1, 0.15) is 27.8 Å². The second-order valence-electron chi connectivity index (χ2n) is 8.83. The van der Waals surface area contributed by atoms with E-state index < -0.39 is 32.2 Å². The summed E-state index contributed by atoms with van der Waals surface area (Å²) in [4.78, 5) is 15.1. The van der Waals surface area contributed by atoms with E-state index in [4.69, 9.17) is 11.6 Å². The van der Waals surface area contributed by atoms with E-state index in [1.807, 2.05) is 44.2 Å². The lowest BCUT2D eigenvalue weighted by atomic mass is 10.0. The molecular formula is C27H24ClF3N2O3S. The van der Waals surface area contributed by atoms with Crippen LogP contribution in [0.25, 0.3) is 10.9 Å². The number of hydrogen-bond acceptors (Lipinski definition) is 3. The Bertz CT molecular complexity index is 1620. The van der Waals surface area contributed by atoms with Crippen LogP contribution in [0.3, 0.4) is 0 Å². The van der Waals surface area contributed by atoms with Gasteiger partial charge in [-0.15, -0.1) is 0 Å². The molecule has 0 radical (unpaired) electrons. The minimum Gasteiger partial charge on any atom is -0.321 e. The number of nitrogens with one attached hydrogen (secondary N) is 1. The summed E-state index contributed by atoms with van der Waals surface area (Å²) in [6.07, 6.45) is -4.48. The van der Waals surface area contributed by atoms with Crippen molar-refractivity contribution >= 4 is 32.5 Å². The summed E-state index contributed by atoms with van der Waals surface area (Å²) < 4.78 is 68.6. The molecule has 1 heterocycles. The van der Waals surface area contributed by atoms with Crippen LogP contribution < -0.4 is 5.56 Å². The standard InChI is InChI=1S/C27H24ClF3N2O3S/c1-17-8-9-18(2)25-22(17)14-20(26(34)32-25)16-33(13-12-19-6-4-3-5-7-19)37(35,36)24-15-21(27(29,30)31)10-11-23(24)28/h3-11,14-15H,12-13,16H2,1-2H3,(H,32,34). The summed E-state index contributed by atoms with van der Waals surface area (Å²) in [5.74, 6) is 0. The molecule has 0 saturated heterocycles. The fourth-order valence-corrected chi connectivity index (χ4v) is 6.04. The molecular weight excluding hydrogens is 525 g/mol. The number of aromatic nitrogens is 1. The average molecular weight is 549 g/mol. The largest absolute Gasteiger partial charge is 0.416 e. The van der Waals surface area contributed by atoms with Crippen molar-refractivity contribution in [1.82, 2.24) is 9.29 Å². The van der Waals surface area contributed by atoms with Gasteiger partial charge in [-0.05, 0) is 61.2 Å². The van der Waals surface area contributed by atoms with Gasteiger partial charge in [-0.25, -0.2) is 8.42 Å². The van der Waals surface area contributed by atoms with Crippen molar-refractivity contribution in [2.75, 3.05) is 6.54 Å². The Balaban J connectivity index is 1.81. The smallest absolute Gasteiger partial charge is 0.321 e. The molecule has 194 valence electrons. The number of hydrogen-bond donors (Lipinski definition) is 1. The molecule has 0 bridgehead atoms. The summed E-state index contributed by atoms with van der Waals surface area (Å²) in [7, 11) is -4.52. The molecule has 3 aromatic carbocycles. The van der Waals surface area contributed by atoms with E-state index in [1.165, 1.54) is 0 Å². The summed E-state index contributed by atoms with van der Waals surface area (Å²) >= 11 is 6.10. The van der Waals surface area contributed by atoms with Crippen molar-refractivity contribution in [2.45, 2.75) is 37.9 Å². The van der Waals surface area contributed by atoms with Crippen LogP contribution in [0, 0.1) is 13.8 Å². The number of aryl methyl sites for hydroxylation is 2. The molecule has 0 aliphatic rings. The van der Waals surface area contributed by atoms with Gasteiger partial charge < -0.3 is 4.98 Å². The number of pyridine rings is 1. The zero-order valence-corrected chi connectivity index (χ0v) is 21.6. The average Bonchev–Trinajstić information content (AvgIpc) is 2.84. The zero-order chi connectivity index (χ0) is 27.0. The van der Waals surface area contributed by atoms with E-state index in [1.54, 1.807) is 18.2 Å². The Morgan fingerprint density at radius 1 is 0.946 bits per heavy atom. The molecule has 0 aliphatic heterocycles. The van der Waals surface area contributed by atoms with Gasteiger partial charge in [-0.1, -0.05) is 54.1 Å². The lowest BCUT2D eigenvalue weighted by Crippen LogP contribution is -2.35. The van der Waals surface area contributed by atoms with Crippen LogP contribution in [0.4, 0.5) is 13.2 Å². The molecule has 0 aliphatic carbocycles. The van der Waals surface area contributed by atoms with Crippen LogP contribution in [-0.2, 0) is 29.2 Å². The third-order valence-electron chi connectivity index (χ3n) is 6.24. The monoisotopic (exact) mass is 548 g/mol. The van der Waals surface area contributed by atoms with Crippen molar-refractivity contribution in [3.05, 3.63) is 110 Å². The number of alkyl halides is 3. The van der Waals surface area contributed by atoms with Gasteiger partial charge in [0, 0.05) is 24.0 Å². The van der Waals surface area contributed by atoms with E-state index in [2.05, 4.69) is 4.98 Å². The van der Waals surface area contributed by atoms with Crippen molar-refractivity contribution in [3.63, 3.8) is 0 Å². The predicted molar refractivity (Wildman–Crippen MR) is 138 cm³/mol. The lowest BCUT2D eigenvalue weighted by molar-refractivity contribution is -0.137. The number of nitrogens with zero attached hydrogens (tertiary/aromatic N) is 1. The first kappa shape index (κ1) is 26.9. The van der Waals surface area contributed by atoms with Crippen LogP contribution in [0.5, 0.6) is 0 Å². The summed E-state index contributed by atoms with van der Waals surface area (Å²) in [5, 5.41) is 0.420. The van der Waals surface area contributed by atoms with Crippen molar-refractivity contribution < 1.29 is 21.6 Å². The second kappa shape index (κ2) is 10.3. The second-order valence-corrected chi connectivity index (χ2v) is 11.1. The van der Waals surface area contributed by atoms with E-state index >= 15 is 0 Å². The molecule has 10 heteroatoms. The minimum atomic E-state index is -4.76. The highest BCUT2D eigenvalue weighted by Gasteiger charge is 2.34. The molecule has 0 atom stereocenters. The molecule has 0 spiro atoms. The van der Waals surface area contributed by atoms with Gasteiger partial charge in [0.2, 0.25) is 10.0 Å². The van der Waals surface area contributed by atoms with Gasteiger partial charge in [0.1, 0.15) is 4.90 Å². The normalized spacial score (nSPS) is 12.4. The predicted octanol–water partition coefficient (Wildman–Crippen LogP) is 6.25. The van der Waals surface area contributed by atoms with Crippen molar-refractivity contribution in [1.29, 1.82) is 0 Å². The maximum atomic E-state index is 13.7. The van der Waals surface area contributed by atoms with Gasteiger partial charge in [0.05, 0.1) is 16.1 Å². The Morgan fingerprint density at radius 3 is 2.30 bits per heavy atom. The van der Waals surface area contributed by atoms with Gasteiger partial charge in [0.15, 0.2) is 0 Å². The molecule has 0 amide bonds. The summed E-state index contributed by atoms with van der Waals surface area (Å²) in [5.41, 5.74) is 1.78. The third-order valence-corrected chi connectivity index (χ3v) is 8.56. The Morgan fingerprint density at radius 2 is 1.62 bits per heavy atom. The first-order chi connectivity index (χ1) is 17.4. The molecule has 0 unspecified atom stereocenters. The SMILES string of the molecule is Cc1ccc(C)c2[nH]c(=O)c(CN(CCc3ccccc3)S(=O)(=O)c3cc(C(F)(F)F)ccc3Cl)cc12.